The van der Waals surface area contributed by atoms with Crippen molar-refractivity contribution in [2.75, 3.05) is 0 Å². The molecule has 1 atom stereocenters. The van der Waals surface area contributed by atoms with E-state index in [2.05, 4.69) is 5.32 Å². The molecule has 2 aromatic rings. The Morgan fingerprint density at radius 2 is 1.60 bits per heavy atom. The van der Waals surface area contributed by atoms with Crippen LogP contribution in [0.5, 0.6) is 0 Å². The minimum atomic E-state index is -0.796. The molecule has 1 amide bonds. The molecule has 0 heterocycles. The Morgan fingerprint density at radius 1 is 1.00 bits per heavy atom. The quantitative estimate of drug-likeness (QED) is 0.914. The molecule has 0 aromatic heterocycles. The summed E-state index contributed by atoms with van der Waals surface area (Å²) in [4.78, 5) is 11.9. The Morgan fingerprint density at radius 3 is 2.25 bits per heavy atom. The maximum absolute atomic E-state index is 13.4. The number of rotatable bonds is 3. The van der Waals surface area contributed by atoms with E-state index in [4.69, 9.17) is 0 Å². The molecule has 0 fully saturated rings. The molecule has 20 heavy (non-hydrogen) atoms. The van der Waals surface area contributed by atoms with E-state index < -0.39 is 23.6 Å². The van der Waals surface area contributed by atoms with E-state index in [0.29, 0.717) is 5.56 Å². The van der Waals surface area contributed by atoms with Gasteiger partial charge >= 0.3 is 0 Å². The molecular formula is C15H12F3NO. The van der Waals surface area contributed by atoms with E-state index in [1.807, 2.05) is 0 Å². The van der Waals surface area contributed by atoms with Crippen LogP contribution in [0.3, 0.4) is 0 Å². The molecule has 104 valence electrons. The molecule has 0 saturated carbocycles. The molecule has 5 heteroatoms. The largest absolute Gasteiger partial charge is 0.345 e. The Labute approximate surface area is 114 Å². The second-order valence-electron chi connectivity index (χ2n) is 4.37. The minimum absolute atomic E-state index is 0.362. The van der Waals surface area contributed by atoms with Gasteiger partial charge in [0.2, 0.25) is 0 Å². The van der Waals surface area contributed by atoms with Crippen LogP contribution in [0.4, 0.5) is 13.2 Å². The average molecular weight is 279 g/mol. The molecule has 0 bridgehead atoms. The Balaban J connectivity index is 2.15. The predicted octanol–water partition coefficient (Wildman–Crippen LogP) is 3.59. The van der Waals surface area contributed by atoms with Crippen molar-refractivity contribution in [1.29, 1.82) is 0 Å². The second kappa shape index (κ2) is 5.77. The van der Waals surface area contributed by atoms with Gasteiger partial charge < -0.3 is 5.32 Å². The lowest BCUT2D eigenvalue weighted by molar-refractivity contribution is 0.0935. The van der Waals surface area contributed by atoms with Crippen LogP contribution in [0.25, 0.3) is 0 Å². The monoisotopic (exact) mass is 279 g/mol. The molecule has 1 N–H and O–H groups in total. The molecule has 0 spiro atoms. The number of nitrogens with one attached hydrogen (secondary N) is 1. The van der Waals surface area contributed by atoms with Gasteiger partial charge in [0, 0.05) is 0 Å². The number of carbonyl (C=O) groups excluding carboxylic acids is 1. The van der Waals surface area contributed by atoms with Crippen LogP contribution in [0.15, 0.2) is 42.5 Å². The van der Waals surface area contributed by atoms with E-state index >= 15 is 0 Å². The smallest absolute Gasteiger partial charge is 0.254 e. The van der Waals surface area contributed by atoms with Gasteiger partial charge in [-0.05, 0) is 42.8 Å². The summed E-state index contributed by atoms with van der Waals surface area (Å²) in [6.07, 6.45) is 0. The summed E-state index contributed by atoms with van der Waals surface area (Å²) < 4.78 is 39.3. The van der Waals surface area contributed by atoms with Crippen molar-refractivity contribution in [3.05, 3.63) is 71.0 Å². The zero-order valence-corrected chi connectivity index (χ0v) is 10.7. The van der Waals surface area contributed by atoms with Crippen LogP contribution in [0.2, 0.25) is 0 Å². The van der Waals surface area contributed by atoms with Crippen LogP contribution in [-0.4, -0.2) is 5.91 Å². The maximum atomic E-state index is 13.4. The van der Waals surface area contributed by atoms with Gasteiger partial charge in [-0.1, -0.05) is 12.1 Å². The van der Waals surface area contributed by atoms with E-state index in [-0.39, 0.29) is 11.4 Å². The molecular weight excluding hydrogens is 267 g/mol. The first-order valence-electron chi connectivity index (χ1n) is 5.99. The van der Waals surface area contributed by atoms with E-state index in [0.717, 1.165) is 18.2 Å². The molecule has 1 unspecified atom stereocenters. The predicted molar refractivity (Wildman–Crippen MR) is 68.6 cm³/mol. The molecule has 2 rings (SSSR count). The van der Waals surface area contributed by atoms with Gasteiger partial charge in [-0.25, -0.2) is 13.2 Å². The Kier molecular flexibility index (Phi) is 4.08. The van der Waals surface area contributed by atoms with Gasteiger partial charge in [0.05, 0.1) is 11.6 Å². The van der Waals surface area contributed by atoms with Crippen molar-refractivity contribution in [2.24, 2.45) is 0 Å². The average Bonchev–Trinajstić information content (AvgIpc) is 2.42. The number of halogens is 3. The first kappa shape index (κ1) is 14.1. The molecule has 0 aliphatic heterocycles. The first-order chi connectivity index (χ1) is 9.47. The maximum Gasteiger partial charge on any atom is 0.254 e. The molecule has 2 nitrogen and oxygen atoms in total. The fourth-order valence-corrected chi connectivity index (χ4v) is 1.78. The highest BCUT2D eigenvalue weighted by Gasteiger charge is 2.16. The van der Waals surface area contributed by atoms with Crippen molar-refractivity contribution in [3.63, 3.8) is 0 Å². The lowest BCUT2D eigenvalue weighted by Gasteiger charge is -2.14. The van der Waals surface area contributed by atoms with E-state index in [1.165, 1.54) is 24.3 Å². The van der Waals surface area contributed by atoms with Gasteiger partial charge in [-0.15, -0.1) is 0 Å². The summed E-state index contributed by atoms with van der Waals surface area (Å²) in [5.74, 6) is -2.59. The third kappa shape index (κ3) is 3.17. The van der Waals surface area contributed by atoms with Crippen molar-refractivity contribution < 1.29 is 18.0 Å². The summed E-state index contributed by atoms with van der Waals surface area (Å²) in [7, 11) is 0. The Bertz CT molecular complexity index is 626. The highest BCUT2D eigenvalue weighted by atomic mass is 19.1. The van der Waals surface area contributed by atoms with Crippen molar-refractivity contribution in [3.8, 4) is 0 Å². The number of carbonyl (C=O) groups is 1. The van der Waals surface area contributed by atoms with Crippen LogP contribution in [-0.2, 0) is 0 Å². The summed E-state index contributed by atoms with van der Waals surface area (Å²) in [6, 6.07) is 7.78. The van der Waals surface area contributed by atoms with Crippen molar-refractivity contribution in [1.82, 2.24) is 5.32 Å². The lowest BCUT2D eigenvalue weighted by Crippen LogP contribution is -2.27. The summed E-state index contributed by atoms with van der Waals surface area (Å²) >= 11 is 0. The summed E-state index contributed by atoms with van der Waals surface area (Å²) in [6.45, 7) is 1.67. The molecule has 2 aromatic carbocycles. The summed E-state index contributed by atoms with van der Waals surface area (Å²) in [5.41, 5.74) is 0.301. The van der Waals surface area contributed by atoms with Crippen molar-refractivity contribution >= 4 is 5.91 Å². The van der Waals surface area contributed by atoms with E-state index in [9.17, 15) is 18.0 Å². The molecule has 0 aliphatic carbocycles. The van der Waals surface area contributed by atoms with Crippen LogP contribution in [0, 0.1) is 17.5 Å². The third-order valence-corrected chi connectivity index (χ3v) is 2.89. The number of benzene rings is 2. The second-order valence-corrected chi connectivity index (χ2v) is 4.37. The lowest BCUT2D eigenvalue weighted by atomic mass is 10.1. The molecule has 0 radical (unpaired) electrons. The highest BCUT2D eigenvalue weighted by molar-refractivity contribution is 5.94. The van der Waals surface area contributed by atoms with Crippen LogP contribution >= 0.6 is 0 Å². The zero-order chi connectivity index (χ0) is 14.7. The fraction of sp³-hybridized carbons (Fsp3) is 0.133. The van der Waals surface area contributed by atoms with Gasteiger partial charge in [0.15, 0.2) is 0 Å². The van der Waals surface area contributed by atoms with Gasteiger partial charge in [0.25, 0.3) is 5.91 Å². The SMILES string of the molecule is CC(NC(=O)c1cc(F)ccc1F)c1ccc(F)cc1. The topological polar surface area (TPSA) is 29.1 Å². The normalized spacial score (nSPS) is 12.0. The third-order valence-electron chi connectivity index (χ3n) is 2.89. The fourth-order valence-electron chi connectivity index (χ4n) is 1.78. The van der Waals surface area contributed by atoms with Crippen LogP contribution in [0.1, 0.15) is 28.9 Å². The number of hydrogen-bond donors (Lipinski definition) is 1. The summed E-state index contributed by atoms with van der Waals surface area (Å²) in [5, 5.41) is 2.53. The molecule has 0 saturated heterocycles. The van der Waals surface area contributed by atoms with Crippen molar-refractivity contribution in [2.45, 2.75) is 13.0 Å². The first-order valence-corrected chi connectivity index (χ1v) is 5.99. The van der Waals surface area contributed by atoms with Gasteiger partial charge in [0.1, 0.15) is 17.5 Å². The zero-order valence-electron chi connectivity index (χ0n) is 10.7. The molecule has 0 aliphatic rings. The minimum Gasteiger partial charge on any atom is -0.345 e. The number of hydrogen-bond acceptors (Lipinski definition) is 1. The van der Waals surface area contributed by atoms with Crippen LogP contribution < -0.4 is 5.32 Å². The standard InChI is InChI=1S/C15H12F3NO/c1-9(10-2-4-11(16)5-3-10)19-15(20)13-8-12(17)6-7-14(13)18/h2-9H,1H3,(H,19,20). The van der Waals surface area contributed by atoms with Gasteiger partial charge in [-0.3, -0.25) is 4.79 Å². The van der Waals surface area contributed by atoms with E-state index in [1.54, 1.807) is 6.92 Å². The number of amides is 1. The Hall–Kier alpha value is -2.30. The highest BCUT2D eigenvalue weighted by Crippen LogP contribution is 2.15. The van der Waals surface area contributed by atoms with Gasteiger partial charge in [-0.2, -0.15) is 0 Å².